The molecule has 0 atom stereocenters. The maximum absolute atomic E-state index is 12.1. The fourth-order valence-corrected chi connectivity index (χ4v) is 2.92. The topological polar surface area (TPSA) is 55.6 Å². The summed E-state index contributed by atoms with van der Waals surface area (Å²) >= 11 is 3.35. The van der Waals surface area contributed by atoms with Gasteiger partial charge < -0.3 is 15.4 Å². The van der Waals surface area contributed by atoms with Crippen LogP contribution in [0.2, 0.25) is 0 Å². The summed E-state index contributed by atoms with van der Waals surface area (Å²) in [6, 6.07) is 3.55. The van der Waals surface area contributed by atoms with Gasteiger partial charge in [0.15, 0.2) is 0 Å². The van der Waals surface area contributed by atoms with Crippen molar-refractivity contribution in [1.29, 1.82) is 0 Å². The number of halogens is 1. The fraction of sp³-hybridized carbons (Fsp3) is 0.533. The number of anilines is 1. The largest absolute Gasteiger partial charge is 0.462 e. The Bertz CT molecular complexity index is 485. The number of benzene rings is 1. The summed E-state index contributed by atoms with van der Waals surface area (Å²) in [6.45, 7) is 5.65. The van der Waals surface area contributed by atoms with Gasteiger partial charge in [-0.15, -0.1) is 0 Å². The number of hydrogen-bond acceptors (Lipinski definition) is 4. The summed E-state index contributed by atoms with van der Waals surface area (Å²) in [5, 5.41) is 0. The maximum Gasteiger partial charge on any atom is 0.338 e. The normalized spacial score (nSPS) is 15.5. The van der Waals surface area contributed by atoms with Crippen LogP contribution in [0.1, 0.15) is 35.2 Å². The molecule has 20 heavy (non-hydrogen) atoms. The van der Waals surface area contributed by atoms with Crippen molar-refractivity contribution in [2.75, 3.05) is 32.0 Å². The minimum Gasteiger partial charge on any atom is -0.462 e. The summed E-state index contributed by atoms with van der Waals surface area (Å²) in [4.78, 5) is 14.5. The van der Waals surface area contributed by atoms with Crippen molar-refractivity contribution in [2.45, 2.75) is 26.2 Å². The molecule has 1 aliphatic rings. The number of nitrogen functional groups attached to an aromatic ring is 1. The van der Waals surface area contributed by atoms with Gasteiger partial charge >= 0.3 is 5.97 Å². The summed E-state index contributed by atoms with van der Waals surface area (Å²) in [6.07, 6.45) is 3.46. The molecule has 0 spiro atoms. The Morgan fingerprint density at radius 3 is 2.80 bits per heavy atom. The van der Waals surface area contributed by atoms with Crippen LogP contribution in [0.3, 0.4) is 0 Å². The van der Waals surface area contributed by atoms with Gasteiger partial charge in [0.05, 0.1) is 12.2 Å². The van der Waals surface area contributed by atoms with Gasteiger partial charge in [-0.25, -0.2) is 4.79 Å². The van der Waals surface area contributed by atoms with Crippen LogP contribution in [0.5, 0.6) is 0 Å². The van der Waals surface area contributed by atoms with E-state index < -0.39 is 0 Å². The summed E-state index contributed by atoms with van der Waals surface area (Å²) in [5.74, 6) is -0.295. The molecule has 1 saturated heterocycles. The lowest BCUT2D eigenvalue weighted by atomic mass is 10.1. The molecule has 1 heterocycles. The van der Waals surface area contributed by atoms with Gasteiger partial charge in [-0.1, -0.05) is 15.9 Å². The molecule has 1 aliphatic heterocycles. The van der Waals surface area contributed by atoms with Crippen LogP contribution in [0.15, 0.2) is 16.6 Å². The van der Waals surface area contributed by atoms with E-state index in [9.17, 15) is 4.79 Å². The lowest BCUT2D eigenvalue weighted by molar-refractivity contribution is 0.0490. The molecule has 0 aliphatic carbocycles. The molecule has 0 amide bonds. The zero-order valence-electron chi connectivity index (χ0n) is 11.8. The number of nitrogens with zero attached hydrogens (tertiary/aromatic N) is 1. The van der Waals surface area contributed by atoms with Gasteiger partial charge in [0, 0.05) is 16.7 Å². The van der Waals surface area contributed by atoms with Crippen molar-refractivity contribution in [1.82, 2.24) is 4.90 Å². The van der Waals surface area contributed by atoms with Crippen LogP contribution in [0, 0.1) is 6.92 Å². The molecule has 1 aromatic rings. The predicted molar refractivity (Wildman–Crippen MR) is 83.9 cm³/mol. The van der Waals surface area contributed by atoms with Crippen molar-refractivity contribution < 1.29 is 9.53 Å². The van der Waals surface area contributed by atoms with E-state index in [-0.39, 0.29) is 5.97 Å². The van der Waals surface area contributed by atoms with Gasteiger partial charge in [0.25, 0.3) is 0 Å². The first-order valence-corrected chi connectivity index (χ1v) is 7.82. The first-order chi connectivity index (χ1) is 9.58. The second kappa shape index (κ2) is 7.09. The second-order valence-corrected chi connectivity index (χ2v) is 6.12. The molecule has 4 nitrogen and oxygen atoms in total. The minimum atomic E-state index is -0.295. The first-order valence-electron chi connectivity index (χ1n) is 7.03. The number of likely N-dealkylation sites (tertiary alicyclic amines) is 1. The highest BCUT2D eigenvalue weighted by atomic mass is 79.9. The Hall–Kier alpha value is -1.07. The lowest BCUT2D eigenvalue weighted by Crippen LogP contribution is -2.22. The van der Waals surface area contributed by atoms with Crippen molar-refractivity contribution in [3.63, 3.8) is 0 Å². The molecule has 1 aromatic carbocycles. The monoisotopic (exact) mass is 340 g/mol. The summed E-state index contributed by atoms with van der Waals surface area (Å²) in [7, 11) is 0. The summed E-state index contributed by atoms with van der Waals surface area (Å²) < 4.78 is 6.13. The van der Waals surface area contributed by atoms with E-state index in [1.54, 1.807) is 12.1 Å². The first kappa shape index (κ1) is 15.3. The van der Waals surface area contributed by atoms with E-state index >= 15 is 0 Å². The smallest absolute Gasteiger partial charge is 0.338 e. The molecule has 1 fully saturated rings. The molecule has 2 rings (SSSR count). The molecule has 0 aromatic heterocycles. The average molecular weight is 341 g/mol. The van der Waals surface area contributed by atoms with Crippen LogP contribution in [0.4, 0.5) is 5.69 Å². The lowest BCUT2D eigenvalue weighted by Gasteiger charge is -2.14. The Morgan fingerprint density at radius 1 is 1.40 bits per heavy atom. The highest BCUT2D eigenvalue weighted by Crippen LogP contribution is 2.23. The Balaban J connectivity index is 1.82. The van der Waals surface area contributed by atoms with E-state index in [0.717, 1.165) is 23.0 Å². The van der Waals surface area contributed by atoms with Crippen molar-refractivity contribution in [3.05, 3.63) is 27.7 Å². The van der Waals surface area contributed by atoms with Crippen LogP contribution < -0.4 is 5.73 Å². The number of hydrogen-bond donors (Lipinski definition) is 1. The highest BCUT2D eigenvalue weighted by molar-refractivity contribution is 9.10. The van der Waals surface area contributed by atoms with Gasteiger partial charge in [0.1, 0.15) is 0 Å². The SMILES string of the molecule is Cc1c(N)cc(Br)cc1C(=O)OCCCN1CCCC1. The van der Waals surface area contributed by atoms with Crippen LogP contribution in [0.25, 0.3) is 0 Å². The molecule has 0 bridgehead atoms. The molecule has 110 valence electrons. The van der Waals surface area contributed by atoms with Gasteiger partial charge in [0.2, 0.25) is 0 Å². The Morgan fingerprint density at radius 2 is 2.10 bits per heavy atom. The zero-order valence-corrected chi connectivity index (χ0v) is 13.4. The molecule has 2 N–H and O–H groups in total. The number of carbonyl (C=O) groups excluding carboxylic acids is 1. The highest BCUT2D eigenvalue weighted by Gasteiger charge is 2.14. The number of ether oxygens (including phenoxy) is 1. The Kier molecular flexibility index (Phi) is 5.43. The maximum atomic E-state index is 12.1. The third kappa shape index (κ3) is 3.96. The number of esters is 1. The van der Waals surface area contributed by atoms with E-state index in [4.69, 9.17) is 10.5 Å². The zero-order chi connectivity index (χ0) is 14.5. The Labute approximate surface area is 128 Å². The number of carbonyl (C=O) groups is 1. The van der Waals surface area contributed by atoms with Crippen molar-refractivity contribution in [3.8, 4) is 0 Å². The van der Waals surface area contributed by atoms with Gasteiger partial charge in [-0.2, -0.15) is 0 Å². The third-order valence-electron chi connectivity index (χ3n) is 3.68. The molecule has 0 saturated carbocycles. The van der Waals surface area contributed by atoms with E-state index in [1.807, 2.05) is 6.92 Å². The molecular weight excluding hydrogens is 320 g/mol. The number of rotatable bonds is 5. The van der Waals surface area contributed by atoms with Gasteiger partial charge in [-0.3, -0.25) is 0 Å². The van der Waals surface area contributed by atoms with Gasteiger partial charge in [-0.05, 0) is 57.0 Å². The molecule has 0 radical (unpaired) electrons. The van der Waals surface area contributed by atoms with Crippen molar-refractivity contribution >= 4 is 27.6 Å². The van der Waals surface area contributed by atoms with E-state index in [0.29, 0.717) is 17.9 Å². The molecular formula is C15H21BrN2O2. The van der Waals surface area contributed by atoms with E-state index in [1.165, 1.54) is 25.9 Å². The van der Waals surface area contributed by atoms with Crippen molar-refractivity contribution in [2.24, 2.45) is 0 Å². The van der Waals surface area contributed by atoms with Crippen LogP contribution in [-0.4, -0.2) is 37.1 Å². The second-order valence-electron chi connectivity index (χ2n) is 5.21. The minimum absolute atomic E-state index is 0.295. The molecule has 5 heteroatoms. The van der Waals surface area contributed by atoms with E-state index in [2.05, 4.69) is 20.8 Å². The number of nitrogens with two attached hydrogens (primary N) is 1. The third-order valence-corrected chi connectivity index (χ3v) is 4.14. The quantitative estimate of drug-likeness (QED) is 0.508. The van der Waals surface area contributed by atoms with Crippen LogP contribution >= 0.6 is 15.9 Å². The average Bonchev–Trinajstić information content (AvgIpc) is 2.91. The predicted octanol–water partition coefficient (Wildman–Crippen LogP) is 2.98. The molecule has 0 unspecified atom stereocenters. The standard InChI is InChI=1S/C15H21BrN2O2/c1-11-13(9-12(16)10-14(11)17)15(19)20-8-4-7-18-5-2-3-6-18/h9-10H,2-8,17H2,1H3. The van der Waals surface area contributed by atoms with Crippen LogP contribution in [-0.2, 0) is 4.74 Å². The summed E-state index contributed by atoms with van der Waals surface area (Å²) in [5.41, 5.74) is 7.77. The fourth-order valence-electron chi connectivity index (χ4n) is 2.45.